The summed E-state index contributed by atoms with van der Waals surface area (Å²) in [6.07, 6.45) is 3.22. The highest BCUT2D eigenvalue weighted by molar-refractivity contribution is 4.65. The molecule has 1 heterocycles. The van der Waals surface area contributed by atoms with Gasteiger partial charge in [0, 0.05) is 39.3 Å². The molecule has 0 bridgehead atoms. The van der Waals surface area contributed by atoms with Gasteiger partial charge >= 0.3 is 0 Å². The zero-order valence-electron chi connectivity index (χ0n) is 9.21. The first-order valence-electron chi connectivity index (χ1n) is 5.61. The Labute approximate surface area is 86.9 Å². The van der Waals surface area contributed by atoms with E-state index >= 15 is 0 Å². The van der Waals surface area contributed by atoms with Crippen LogP contribution in [0.15, 0.2) is 0 Å². The van der Waals surface area contributed by atoms with Crippen LogP contribution in [0.3, 0.4) is 0 Å². The van der Waals surface area contributed by atoms with Crippen molar-refractivity contribution in [2.75, 3.05) is 46.4 Å². The fourth-order valence-electron chi connectivity index (χ4n) is 1.62. The van der Waals surface area contributed by atoms with E-state index in [-0.39, 0.29) is 0 Å². The highest BCUT2D eigenvalue weighted by atomic mass is 16.2. The van der Waals surface area contributed by atoms with Gasteiger partial charge in [0.2, 0.25) is 0 Å². The third-order valence-electron chi connectivity index (χ3n) is 2.67. The van der Waals surface area contributed by atoms with Crippen molar-refractivity contribution < 1.29 is 5.11 Å². The Morgan fingerprint density at radius 3 is 2.43 bits per heavy atom. The first kappa shape index (κ1) is 11.9. The van der Waals surface area contributed by atoms with E-state index in [1.54, 1.807) is 0 Å². The standard InChI is InChI=1S/C10H23N3O/c1-12-6-8-13(9-7-12)11-5-3-2-4-10-14/h11,14H,2-10H2,1H3. The van der Waals surface area contributed by atoms with E-state index in [0.29, 0.717) is 6.61 Å². The van der Waals surface area contributed by atoms with Gasteiger partial charge in [0.05, 0.1) is 0 Å². The van der Waals surface area contributed by atoms with E-state index in [1.807, 2.05) is 0 Å². The van der Waals surface area contributed by atoms with Crippen molar-refractivity contribution in [3.8, 4) is 0 Å². The van der Waals surface area contributed by atoms with Crippen LogP contribution in [0.4, 0.5) is 0 Å². The predicted molar refractivity (Wildman–Crippen MR) is 58.0 cm³/mol. The molecule has 4 nitrogen and oxygen atoms in total. The fourth-order valence-corrected chi connectivity index (χ4v) is 1.62. The molecule has 2 N–H and O–H groups in total. The third-order valence-corrected chi connectivity index (χ3v) is 2.67. The number of hydrogen-bond acceptors (Lipinski definition) is 4. The monoisotopic (exact) mass is 201 g/mol. The van der Waals surface area contributed by atoms with Crippen LogP contribution in [-0.2, 0) is 0 Å². The highest BCUT2D eigenvalue weighted by Crippen LogP contribution is 1.97. The fraction of sp³-hybridized carbons (Fsp3) is 1.00. The lowest BCUT2D eigenvalue weighted by Crippen LogP contribution is -2.50. The Hall–Kier alpha value is -0.160. The summed E-state index contributed by atoms with van der Waals surface area (Å²) in [5, 5.41) is 10.9. The Morgan fingerprint density at radius 1 is 1.07 bits per heavy atom. The minimum absolute atomic E-state index is 0.328. The molecule has 1 aliphatic rings. The number of nitrogens with one attached hydrogen (secondary N) is 1. The third kappa shape index (κ3) is 4.91. The summed E-state index contributed by atoms with van der Waals surface area (Å²) in [7, 11) is 2.17. The van der Waals surface area contributed by atoms with Crippen molar-refractivity contribution in [2.24, 2.45) is 0 Å². The largest absolute Gasteiger partial charge is 0.396 e. The molecule has 0 amide bonds. The molecule has 0 unspecified atom stereocenters. The zero-order chi connectivity index (χ0) is 10.2. The van der Waals surface area contributed by atoms with Gasteiger partial charge in [-0.3, -0.25) is 5.43 Å². The second-order valence-corrected chi connectivity index (χ2v) is 3.98. The van der Waals surface area contributed by atoms with E-state index in [2.05, 4.69) is 22.4 Å². The van der Waals surface area contributed by atoms with Crippen molar-refractivity contribution in [1.82, 2.24) is 15.3 Å². The van der Waals surface area contributed by atoms with E-state index < -0.39 is 0 Å². The topological polar surface area (TPSA) is 38.7 Å². The number of rotatable bonds is 6. The van der Waals surface area contributed by atoms with Gasteiger partial charge in [0.15, 0.2) is 0 Å². The minimum atomic E-state index is 0.328. The molecule has 84 valence electrons. The SMILES string of the molecule is CN1CCN(NCCCCCO)CC1. The van der Waals surface area contributed by atoms with Crippen LogP contribution in [0.5, 0.6) is 0 Å². The molecule has 0 atom stereocenters. The number of aliphatic hydroxyl groups is 1. The van der Waals surface area contributed by atoms with Crippen LogP contribution in [-0.4, -0.2) is 61.4 Å². The maximum absolute atomic E-state index is 8.61. The molecule has 0 aromatic heterocycles. The summed E-state index contributed by atoms with van der Waals surface area (Å²) >= 11 is 0. The molecule has 1 aliphatic heterocycles. The summed E-state index contributed by atoms with van der Waals surface area (Å²) in [6, 6.07) is 0. The maximum Gasteiger partial charge on any atom is 0.0431 e. The summed E-state index contributed by atoms with van der Waals surface area (Å²) in [6.45, 7) is 5.93. The summed E-state index contributed by atoms with van der Waals surface area (Å²) in [5.41, 5.74) is 3.43. The predicted octanol–water partition coefficient (Wildman–Crippen LogP) is -0.0990. The lowest BCUT2D eigenvalue weighted by atomic mass is 10.2. The number of piperazine rings is 1. The molecule has 0 radical (unpaired) electrons. The van der Waals surface area contributed by atoms with Crippen LogP contribution in [0, 0.1) is 0 Å². The molecule has 0 aliphatic carbocycles. The average Bonchev–Trinajstić information content (AvgIpc) is 2.21. The Balaban J connectivity index is 1.91. The van der Waals surface area contributed by atoms with Gasteiger partial charge in [0.25, 0.3) is 0 Å². The zero-order valence-corrected chi connectivity index (χ0v) is 9.21. The number of hydrogen-bond donors (Lipinski definition) is 2. The van der Waals surface area contributed by atoms with Crippen LogP contribution in [0.1, 0.15) is 19.3 Å². The molecular formula is C10H23N3O. The molecule has 1 rings (SSSR count). The average molecular weight is 201 g/mol. The molecule has 4 heteroatoms. The summed E-state index contributed by atoms with van der Waals surface area (Å²) in [5.74, 6) is 0. The quantitative estimate of drug-likeness (QED) is 0.589. The van der Waals surface area contributed by atoms with Gasteiger partial charge in [0.1, 0.15) is 0 Å². The molecular weight excluding hydrogens is 178 g/mol. The number of nitrogens with zero attached hydrogens (tertiary/aromatic N) is 2. The second kappa shape index (κ2) is 7.17. The number of hydrazine groups is 1. The molecule has 0 aromatic rings. The molecule has 1 fully saturated rings. The molecule has 0 saturated carbocycles. The van der Waals surface area contributed by atoms with Crippen molar-refractivity contribution in [3.63, 3.8) is 0 Å². The van der Waals surface area contributed by atoms with Crippen molar-refractivity contribution in [2.45, 2.75) is 19.3 Å². The first-order valence-corrected chi connectivity index (χ1v) is 5.61. The molecule has 1 saturated heterocycles. The Bertz CT molecular complexity index is 135. The van der Waals surface area contributed by atoms with Crippen LogP contribution in [0.2, 0.25) is 0 Å². The van der Waals surface area contributed by atoms with Gasteiger partial charge in [-0.05, 0) is 26.3 Å². The normalized spacial score (nSPS) is 20.1. The molecule has 0 spiro atoms. The lowest BCUT2D eigenvalue weighted by Gasteiger charge is -2.32. The lowest BCUT2D eigenvalue weighted by molar-refractivity contribution is 0.104. The summed E-state index contributed by atoms with van der Waals surface area (Å²) < 4.78 is 0. The van der Waals surface area contributed by atoms with Crippen LogP contribution < -0.4 is 5.43 Å². The number of likely N-dealkylation sites (N-methyl/N-ethyl adjacent to an activating group) is 1. The van der Waals surface area contributed by atoms with E-state index in [9.17, 15) is 0 Å². The number of unbranched alkanes of at least 4 members (excludes halogenated alkanes) is 2. The molecule has 0 aromatic carbocycles. The van der Waals surface area contributed by atoms with Gasteiger partial charge < -0.3 is 10.0 Å². The van der Waals surface area contributed by atoms with Gasteiger partial charge in [-0.2, -0.15) is 0 Å². The molecule has 14 heavy (non-hydrogen) atoms. The van der Waals surface area contributed by atoms with Crippen LogP contribution >= 0.6 is 0 Å². The summed E-state index contributed by atoms with van der Waals surface area (Å²) in [4.78, 5) is 2.35. The highest BCUT2D eigenvalue weighted by Gasteiger charge is 2.12. The van der Waals surface area contributed by atoms with Gasteiger partial charge in [-0.1, -0.05) is 0 Å². The van der Waals surface area contributed by atoms with Gasteiger partial charge in [-0.25, -0.2) is 5.01 Å². The Kier molecular flexibility index (Phi) is 6.10. The maximum atomic E-state index is 8.61. The van der Waals surface area contributed by atoms with Crippen molar-refractivity contribution in [3.05, 3.63) is 0 Å². The van der Waals surface area contributed by atoms with E-state index in [0.717, 1.165) is 52.0 Å². The van der Waals surface area contributed by atoms with E-state index in [4.69, 9.17) is 5.11 Å². The van der Waals surface area contributed by atoms with Crippen molar-refractivity contribution in [1.29, 1.82) is 0 Å². The van der Waals surface area contributed by atoms with Crippen molar-refractivity contribution >= 4 is 0 Å². The smallest absolute Gasteiger partial charge is 0.0431 e. The van der Waals surface area contributed by atoms with Crippen LogP contribution in [0.25, 0.3) is 0 Å². The van der Waals surface area contributed by atoms with Gasteiger partial charge in [-0.15, -0.1) is 0 Å². The minimum Gasteiger partial charge on any atom is -0.396 e. The van der Waals surface area contributed by atoms with E-state index in [1.165, 1.54) is 0 Å². The Morgan fingerprint density at radius 2 is 1.79 bits per heavy atom. The second-order valence-electron chi connectivity index (χ2n) is 3.98. The number of aliphatic hydroxyl groups excluding tert-OH is 1. The first-order chi connectivity index (χ1) is 6.83.